The second-order valence-electron chi connectivity index (χ2n) is 4.50. The van der Waals surface area contributed by atoms with Gasteiger partial charge in [-0.3, -0.25) is 4.79 Å². The first kappa shape index (κ1) is 14.9. The third kappa shape index (κ3) is 3.98. The van der Waals surface area contributed by atoms with Crippen molar-refractivity contribution >= 4 is 11.6 Å². The lowest BCUT2D eigenvalue weighted by molar-refractivity contribution is -0.137. The first-order valence-electron chi connectivity index (χ1n) is 6.16. The van der Waals surface area contributed by atoms with Gasteiger partial charge in [0.15, 0.2) is 0 Å². The average molecular weight is 294 g/mol. The van der Waals surface area contributed by atoms with Gasteiger partial charge in [-0.2, -0.15) is 13.2 Å². The fourth-order valence-corrected chi connectivity index (χ4v) is 1.78. The predicted molar refractivity (Wildman–Crippen MR) is 73.5 cm³/mol. The molecule has 0 saturated heterocycles. The van der Waals surface area contributed by atoms with E-state index in [1.807, 2.05) is 0 Å². The molecule has 0 fully saturated rings. The standard InChI is InChI=1S/C15H13F3N2O/c16-15(17,18)12-6-4-10(5-7-12)9-20-14(21)11-2-1-3-13(19)8-11/h1-8H,9,19H2,(H,20,21). The van der Waals surface area contributed by atoms with Crippen LogP contribution in [0.5, 0.6) is 0 Å². The number of nitrogen functional groups attached to an aromatic ring is 1. The van der Waals surface area contributed by atoms with Gasteiger partial charge in [-0.05, 0) is 35.9 Å². The van der Waals surface area contributed by atoms with E-state index in [9.17, 15) is 18.0 Å². The zero-order valence-electron chi connectivity index (χ0n) is 10.9. The number of carbonyl (C=O) groups is 1. The molecule has 6 heteroatoms. The highest BCUT2D eigenvalue weighted by Gasteiger charge is 2.29. The van der Waals surface area contributed by atoms with Crippen molar-refractivity contribution in [2.75, 3.05) is 5.73 Å². The molecular weight excluding hydrogens is 281 g/mol. The van der Waals surface area contributed by atoms with E-state index in [1.54, 1.807) is 18.2 Å². The fraction of sp³-hybridized carbons (Fsp3) is 0.133. The molecular formula is C15H13F3N2O. The summed E-state index contributed by atoms with van der Waals surface area (Å²) in [6, 6.07) is 11.1. The van der Waals surface area contributed by atoms with Gasteiger partial charge in [-0.15, -0.1) is 0 Å². The Bertz CT molecular complexity index is 636. The van der Waals surface area contributed by atoms with Crippen LogP contribution in [0.3, 0.4) is 0 Å². The fourth-order valence-electron chi connectivity index (χ4n) is 1.78. The van der Waals surface area contributed by atoms with Crippen LogP contribution in [0.2, 0.25) is 0 Å². The Morgan fingerprint density at radius 2 is 1.76 bits per heavy atom. The highest BCUT2D eigenvalue weighted by atomic mass is 19.4. The van der Waals surface area contributed by atoms with Crippen molar-refractivity contribution in [1.82, 2.24) is 5.32 Å². The summed E-state index contributed by atoms with van der Waals surface area (Å²) in [7, 11) is 0. The Labute approximate surface area is 119 Å². The van der Waals surface area contributed by atoms with Crippen LogP contribution in [0.25, 0.3) is 0 Å². The molecule has 0 radical (unpaired) electrons. The van der Waals surface area contributed by atoms with Gasteiger partial charge in [-0.1, -0.05) is 18.2 Å². The van der Waals surface area contributed by atoms with Crippen molar-refractivity contribution in [3.63, 3.8) is 0 Å². The number of amides is 1. The normalized spacial score (nSPS) is 11.2. The van der Waals surface area contributed by atoms with Crippen LogP contribution in [0.1, 0.15) is 21.5 Å². The predicted octanol–water partition coefficient (Wildman–Crippen LogP) is 3.22. The summed E-state index contributed by atoms with van der Waals surface area (Å²) < 4.78 is 37.2. The molecule has 0 bridgehead atoms. The minimum absolute atomic E-state index is 0.145. The Morgan fingerprint density at radius 1 is 1.10 bits per heavy atom. The van der Waals surface area contributed by atoms with Crippen molar-refractivity contribution < 1.29 is 18.0 Å². The monoisotopic (exact) mass is 294 g/mol. The van der Waals surface area contributed by atoms with Gasteiger partial charge in [-0.25, -0.2) is 0 Å². The maximum absolute atomic E-state index is 12.4. The molecule has 1 amide bonds. The number of alkyl halides is 3. The Hall–Kier alpha value is -2.50. The van der Waals surface area contributed by atoms with E-state index in [4.69, 9.17) is 5.73 Å². The van der Waals surface area contributed by atoms with Crippen molar-refractivity contribution in [2.24, 2.45) is 0 Å². The number of hydrogen-bond acceptors (Lipinski definition) is 2. The third-order valence-corrected chi connectivity index (χ3v) is 2.88. The van der Waals surface area contributed by atoms with Gasteiger partial charge in [0.2, 0.25) is 0 Å². The summed E-state index contributed by atoms with van der Waals surface area (Å²) in [4.78, 5) is 11.8. The summed E-state index contributed by atoms with van der Waals surface area (Å²) in [6.45, 7) is 0.145. The molecule has 0 aliphatic rings. The van der Waals surface area contributed by atoms with E-state index in [0.717, 1.165) is 12.1 Å². The number of carbonyl (C=O) groups excluding carboxylic acids is 1. The third-order valence-electron chi connectivity index (χ3n) is 2.88. The summed E-state index contributed by atoms with van der Waals surface area (Å²) >= 11 is 0. The molecule has 2 aromatic rings. The number of hydrogen-bond donors (Lipinski definition) is 2. The highest BCUT2D eigenvalue weighted by Crippen LogP contribution is 2.29. The summed E-state index contributed by atoms with van der Waals surface area (Å²) in [5, 5.41) is 2.62. The van der Waals surface area contributed by atoms with Gasteiger partial charge in [0.1, 0.15) is 0 Å². The topological polar surface area (TPSA) is 55.1 Å². The van der Waals surface area contributed by atoms with Crippen LogP contribution in [0.15, 0.2) is 48.5 Å². The van der Waals surface area contributed by atoms with E-state index in [-0.39, 0.29) is 12.5 Å². The molecule has 21 heavy (non-hydrogen) atoms. The summed E-state index contributed by atoms with van der Waals surface area (Å²) in [6.07, 6.45) is -4.36. The molecule has 0 heterocycles. The number of anilines is 1. The molecule has 0 atom stereocenters. The maximum atomic E-state index is 12.4. The summed E-state index contributed by atoms with van der Waals surface area (Å²) in [5.41, 5.74) is 6.32. The van der Waals surface area contributed by atoms with Crippen LogP contribution in [0, 0.1) is 0 Å². The SMILES string of the molecule is Nc1cccc(C(=O)NCc2ccc(C(F)(F)F)cc2)c1. The zero-order valence-corrected chi connectivity index (χ0v) is 10.9. The van der Waals surface area contributed by atoms with Crippen molar-refractivity contribution in [3.8, 4) is 0 Å². The van der Waals surface area contributed by atoms with Crippen LogP contribution in [0.4, 0.5) is 18.9 Å². The molecule has 0 spiro atoms. The van der Waals surface area contributed by atoms with Gasteiger partial charge >= 0.3 is 6.18 Å². The molecule has 0 saturated carbocycles. The van der Waals surface area contributed by atoms with Gasteiger partial charge in [0.05, 0.1) is 5.56 Å². The highest BCUT2D eigenvalue weighted by molar-refractivity contribution is 5.94. The van der Waals surface area contributed by atoms with E-state index in [0.29, 0.717) is 16.8 Å². The lowest BCUT2D eigenvalue weighted by Crippen LogP contribution is -2.22. The molecule has 3 nitrogen and oxygen atoms in total. The van der Waals surface area contributed by atoms with E-state index < -0.39 is 11.7 Å². The average Bonchev–Trinajstić information content (AvgIpc) is 2.44. The molecule has 3 N–H and O–H groups in total. The van der Waals surface area contributed by atoms with E-state index in [1.165, 1.54) is 18.2 Å². The van der Waals surface area contributed by atoms with Crippen molar-refractivity contribution in [3.05, 3.63) is 65.2 Å². The van der Waals surface area contributed by atoms with Gasteiger partial charge < -0.3 is 11.1 Å². The van der Waals surface area contributed by atoms with E-state index >= 15 is 0 Å². The number of benzene rings is 2. The van der Waals surface area contributed by atoms with Crippen LogP contribution in [-0.2, 0) is 12.7 Å². The Balaban J connectivity index is 1.98. The minimum atomic E-state index is -4.36. The Morgan fingerprint density at radius 3 is 2.33 bits per heavy atom. The van der Waals surface area contributed by atoms with Crippen molar-refractivity contribution in [2.45, 2.75) is 12.7 Å². The molecule has 0 aliphatic carbocycles. The number of rotatable bonds is 3. The summed E-state index contributed by atoms with van der Waals surface area (Å²) in [5.74, 6) is -0.331. The number of nitrogens with one attached hydrogen (secondary N) is 1. The molecule has 0 unspecified atom stereocenters. The zero-order chi connectivity index (χ0) is 15.5. The van der Waals surface area contributed by atoms with E-state index in [2.05, 4.69) is 5.32 Å². The number of halogens is 3. The smallest absolute Gasteiger partial charge is 0.399 e. The molecule has 0 aromatic heterocycles. The largest absolute Gasteiger partial charge is 0.416 e. The molecule has 0 aliphatic heterocycles. The lowest BCUT2D eigenvalue weighted by atomic mass is 10.1. The molecule has 110 valence electrons. The quantitative estimate of drug-likeness (QED) is 0.854. The second-order valence-corrected chi connectivity index (χ2v) is 4.50. The number of nitrogens with two attached hydrogens (primary N) is 1. The molecule has 2 aromatic carbocycles. The van der Waals surface area contributed by atoms with Crippen LogP contribution in [-0.4, -0.2) is 5.91 Å². The van der Waals surface area contributed by atoms with Gasteiger partial charge in [0, 0.05) is 17.8 Å². The Kier molecular flexibility index (Phi) is 4.16. The van der Waals surface area contributed by atoms with Crippen molar-refractivity contribution in [1.29, 1.82) is 0 Å². The first-order valence-corrected chi connectivity index (χ1v) is 6.16. The second kappa shape index (κ2) is 5.87. The lowest BCUT2D eigenvalue weighted by Gasteiger charge is -2.09. The minimum Gasteiger partial charge on any atom is -0.399 e. The van der Waals surface area contributed by atoms with Crippen LogP contribution >= 0.6 is 0 Å². The maximum Gasteiger partial charge on any atom is 0.416 e. The molecule has 2 rings (SSSR count). The first-order chi connectivity index (χ1) is 9.86. The van der Waals surface area contributed by atoms with Gasteiger partial charge in [0.25, 0.3) is 5.91 Å². The van der Waals surface area contributed by atoms with Crippen LogP contribution < -0.4 is 11.1 Å².